The first-order chi connectivity index (χ1) is 9.25. The van der Waals surface area contributed by atoms with Gasteiger partial charge in [0, 0.05) is 25.8 Å². The van der Waals surface area contributed by atoms with Crippen LogP contribution in [0.3, 0.4) is 0 Å². The van der Waals surface area contributed by atoms with Gasteiger partial charge in [-0.2, -0.15) is 0 Å². The largest absolute Gasteiger partial charge is 0.366 e. The molecule has 19 heavy (non-hydrogen) atoms. The highest BCUT2D eigenvalue weighted by Crippen LogP contribution is 2.30. The molecule has 0 bridgehead atoms. The molecule has 2 aromatic rings. The van der Waals surface area contributed by atoms with E-state index < -0.39 is 0 Å². The molecule has 1 aliphatic heterocycles. The first kappa shape index (κ1) is 12.2. The molecule has 0 saturated heterocycles. The van der Waals surface area contributed by atoms with Crippen LogP contribution in [0.15, 0.2) is 48.5 Å². The predicted octanol–water partition coefficient (Wildman–Crippen LogP) is 3.11. The number of halogens is 1. The van der Waals surface area contributed by atoms with E-state index in [0.29, 0.717) is 0 Å². The van der Waals surface area contributed by atoms with Gasteiger partial charge in [0.05, 0.1) is 6.04 Å². The minimum absolute atomic E-state index is 0.193. The Hall–Kier alpha value is -1.87. The molecule has 0 aromatic heterocycles. The maximum atomic E-state index is 13.3. The van der Waals surface area contributed by atoms with Gasteiger partial charge in [0.1, 0.15) is 5.82 Å². The quantitative estimate of drug-likeness (QED) is 0.888. The van der Waals surface area contributed by atoms with E-state index in [9.17, 15) is 4.39 Å². The van der Waals surface area contributed by atoms with Crippen LogP contribution in [0, 0.1) is 5.82 Å². The van der Waals surface area contributed by atoms with Crippen LogP contribution in [0.4, 0.5) is 10.1 Å². The number of likely N-dealkylation sites (N-methyl/N-ethyl adjacent to an activating group) is 1. The van der Waals surface area contributed by atoms with Crippen LogP contribution < -0.4 is 10.2 Å². The van der Waals surface area contributed by atoms with Crippen molar-refractivity contribution >= 4 is 5.69 Å². The summed E-state index contributed by atoms with van der Waals surface area (Å²) in [6, 6.07) is 15.4. The molecule has 0 radical (unpaired) electrons. The molecule has 1 heterocycles. The summed E-state index contributed by atoms with van der Waals surface area (Å²) in [4.78, 5) is 2.13. The van der Waals surface area contributed by atoms with E-state index in [1.807, 2.05) is 13.1 Å². The fraction of sp³-hybridized carbons (Fsp3) is 0.250. The van der Waals surface area contributed by atoms with Crippen LogP contribution in [0.5, 0.6) is 0 Å². The second-order valence-corrected chi connectivity index (χ2v) is 4.94. The Kier molecular flexibility index (Phi) is 3.22. The third-order valence-corrected chi connectivity index (χ3v) is 3.75. The van der Waals surface area contributed by atoms with E-state index in [4.69, 9.17) is 0 Å². The summed E-state index contributed by atoms with van der Waals surface area (Å²) >= 11 is 0. The molecular weight excluding hydrogens is 239 g/mol. The second-order valence-electron chi connectivity index (χ2n) is 4.94. The lowest BCUT2D eigenvalue weighted by molar-refractivity contribution is 0.533. The normalized spacial score (nSPS) is 17.9. The molecule has 1 unspecified atom stereocenters. The van der Waals surface area contributed by atoms with E-state index >= 15 is 0 Å². The molecule has 1 aliphatic rings. The molecule has 0 aliphatic carbocycles. The topological polar surface area (TPSA) is 15.3 Å². The number of benzene rings is 2. The molecule has 2 nitrogen and oxygen atoms in total. The maximum Gasteiger partial charge on any atom is 0.125 e. The van der Waals surface area contributed by atoms with Crippen LogP contribution in [0.25, 0.3) is 0 Å². The zero-order valence-corrected chi connectivity index (χ0v) is 10.9. The minimum Gasteiger partial charge on any atom is -0.366 e. The Morgan fingerprint density at radius 1 is 1.16 bits per heavy atom. The van der Waals surface area contributed by atoms with Gasteiger partial charge < -0.3 is 10.2 Å². The number of nitrogens with zero attached hydrogens (tertiary/aromatic N) is 1. The molecule has 98 valence electrons. The summed E-state index contributed by atoms with van der Waals surface area (Å²) in [6.07, 6.45) is 0. The average Bonchev–Trinajstić information content (AvgIpc) is 2.46. The van der Waals surface area contributed by atoms with E-state index in [-0.39, 0.29) is 11.9 Å². The average molecular weight is 256 g/mol. The lowest BCUT2D eigenvalue weighted by Crippen LogP contribution is -2.37. The zero-order valence-electron chi connectivity index (χ0n) is 10.9. The van der Waals surface area contributed by atoms with Crippen molar-refractivity contribution in [1.29, 1.82) is 0 Å². The van der Waals surface area contributed by atoms with Crippen LogP contribution in [-0.4, -0.2) is 13.6 Å². The van der Waals surface area contributed by atoms with Gasteiger partial charge in [-0.1, -0.05) is 30.3 Å². The third kappa shape index (κ3) is 2.34. The molecule has 3 rings (SSSR count). The Balaban J connectivity index is 1.95. The molecule has 0 fully saturated rings. The summed E-state index contributed by atoms with van der Waals surface area (Å²) in [6.45, 7) is 1.79. The number of rotatable bonds is 2. The van der Waals surface area contributed by atoms with Gasteiger partial charge in [-0.3, -0.25) is 0 Å². The number of hydrogen-bond donors (Lipinski definition) is 1. The van der Waals surface area contributed by atoms with Crippen molar-refractivity contribution < 1.29 is 4.39 Å². The number of anilines is 1. The van der Waals surface area contributed by atoms with Crippen LogP contribution in [-0.2, 0) is 6.54 Å². The second kappa shape index (κ2) is 5.02. The SMILES string of the molecule is CN(c1cccc(F)c1)C1CNCc2ccccc21. The Bertz CT molecular complexity index is 582. The van der Waals surface area contributed by atoms with E-state index in [0.717, 1.165) is 18.8 Å². The standard InChI is InChI=1S/C16H17FN2/c1-19(14-7-4-6-13(17)9-14)16-11-18-10-12-5-2-3-8-15(12)16/h2-9,16,18H,10-11H2,1H3. The number of nitrogens with one attached hydrogen (secondary N) is 1. The highest BCUT2D eigenvalue weighted by Gasteiger charge is 2.23. The highest BCUT2D eigenvalue weighted by molar-refractivity contribution is 5.50. The van der Waals surface area contributed by atoms with E-state index in [1.165, 1.54) is 17.2 Å². The van der Waals surface area contributed by atoms with E-state index in [2.05, 4.69) is 34.5 Å². The van der Waals surface area contributed by atoms with Crippen molar-refractivity contribution in [3.8, 4) is 0 Å². The third-order valence-electron chi connectivity index (χ3n) is 3.75. The van der Waals surface area contributed by atoms with Crippen LogP contribution >= 0.6 is 0 Å². The summed E-state index contributed by atoms with van der Waals surface area (Å²) in [7, 11) is 2.02. The number of fused-ring (bicyclic) bond motifs is 1. The predicted molar refractivity (Wildman–Crippen MR) is 75.7 cm³/mol. The molecule has 0 spiro atoms. The molecule has 0 saturated carbocycles. The van der Waals surface area contributed by atoms with Crippen molar-refractivity contribution in [3.63, 3.8) is 0 Å². The van der Waals surface area contributed by atoms with Gasteiger partial charge in [0.15, 0.2) is 0 Å². The highest BCUT2D eigenvalue weighted by atomic mass is 19.1. The first-order valence-corrected chi connectivity index (χ1v) is 6.52. The van der Waals surface area contributed by atoms with Crippen molar-refractivity contribution in [3.05, 3.63) is 65.5 Å². The molecule has 0 amide bonds. The fourth-order valence-corrected chi connectivity index (χ4v) is 2.69. The lowest BCUT2D eigenvalue weighted by atomic mass is 9.95. The Morgan fingerprint density at radius 2 is 2.00 bits per heavy atom. The van der Waals surface area contributed by atoms with Crippen LogP contribution in [0.1, 0.15) is 17.2 Å². The van der Waals surface area contributed by atoms with Gasteiger partial charge in [-0.05, 0) is 29.3 Å². The summed E-state index contributed by atoms with van der Waals surface area (Å²) in [5, 5.41) is 3.42. The van der Waals surface area contributed by atoms with Crippen molar-refractivity contribution in [2.24, 2.45) is 0 Å². The van der Waals surface area contributed by atoms with Gasteiger partial charge in [0.25, 0.3) is 0 Å². The Morgan fingerprint density at radius 3 is 2.84 bits per heavy atom. The molecule has 1 atom stereocenters. The first-order valence-electron chi connectivity index (χ1n) is 6.52. The van der Waals surface area contributed by atoms with E-state index in [1.54, 1.807) is 12.1 Å². The van der Waals surface area contributed by atoms with Crippen molar-refractivity contribution in [2.45, 2.75) is 12.6 Å². The van der Waals surface area contributed by atoms with Crippen LogP contribution in [0.2, 0.25) is 0 Å². The van der Waals surface area contributed by atoms with Crippen molar-refractivity contribution in [1.82, 2.24) is 5.32 Å². The molecule has 1 N–H and O–H groups in total. The molecule has 2 aromatic carbocycles. The molecular formula is C16H17FN2. The minimum atomic E-state index is -0.193. The van der Waals surface area contributed by atoms with Crippen molar-refractivity contribution in [2.75, 3.05) is 18.5 Å². The summed E-state index contributed by atoms with van der Waals surface area (Å²) in [5.74, 6) is -0.193. The maximum absolute atomic E-state index is 13.3. The smallest absolute Gasteiger partial charge is 0.125 e. The monoisotopic (exact) mass is 256 g/mol. The summed E-state index contributed by atoms with van der Waals surface area (Å²) < 4.78 is 13.3. The van der Waals surface area contributed by atoms with Gasteiger partial charge >= 0.3 is 0 Å². The zero-order chi connectivity index (χ0) is 13.2. The van der Waals surface area contributed by atoms with Gasteiger partial charge in [-0.15, -0.1) is 0 Å². The van der Waals surface area contributed by atoms with Gasteiger partial charge in [0.2, 0.25) is 0 Å². The Labute approximate surface area is 112 Å². The fourth-order valence-electron chi connectivity index (χ4n) is 2.69. The lowest BCUT2D eigenvalue weighted by Gasteiger charge is -2.35. The molecule has 3 heteroatoms. The van der Waals surface area contributed by atoms with Gasteiger partial charge in [-0.25, -0.2) is 4.39 Å². The summed E-state index contributed by atoms with van der Waals surface area (Å²) in [5.41, 5.74) is 3.55. The number of hydrogen-bond acceptors (Lipinski definition) is 2.